The van der Waals surface area contributed by atoms with Gasteiger partial charge in [0, 0.05) is 16.0 Å². The minimum absolute atomic E-state index is 0.303. The topological polar surface area (TPSA) is 39.2 Å². The molecule has 2 heterocycles. The van der Waals surface area contributed by atoms with Gasteiger partial charge in [0.25, 0.3) is 0 Å². The summed E-state index contributed by atoms with van der Waals surface area (Å²) >= 11 is 14.5. The van der Waals surface area contributed by atoms with Gasteiger partial charge in [0.15, 0.2) is 0 Å². The third kappa shape index (κ3) is 2.62. The zero-order chi connectivity index (χ0) is 13.6. The Morgan fingerprint density at radius 3 is 2.68 bits per heavy atom. The van der Waals surface area contributed by atoms with E-state index in [4.69, 9.17) is 21.8 Å². The minimum atomic E-state index is -0.303. The summed E-state index contributed by atoms with van der Waals surface area (Å²) in [5.74, 6) is 0.725. The smallest absolute Gasteiger partial charge is 0.134 e. The highest BCUT2D eigenvalue weighted by Gasteiger charge is 2.19. The Labute approximate surface area is 135 Å². The third-order valence-corrected chi connectivity index (χ3v) is 5.44. The van der Waals surface area contributed by atoms with Crippen molar-refractivity contribution in [2.75, 3.05) is 0 Å². The third-order valence-electron chi connectivity index (χ3n) is 2.82. The molecular weight excluding hydrogens is 413 g/mol. The van der Waals surface area contributed by atoms with Crippen molar-refractivity contribution in [1.29, 1.82) is 0 Å². The lowest BCUT2D eigenvalue weighted by molar-refractivity contribution is 0.525. The van der Waals surface area contributed by atoms with E-state index >= 15 is 0 Å². The Hall–Kier alpha value is -0.330. The van der Waals surface area contributed by atoms with Crippen LogP contribution in [-0.4, -0.2) is 0 Å². The number of fused-ring (bicyclic) bond motifs is 1. The highest BCUT2D eigenvalue weighted by Crippen LogP contribution is 2.38. The summed E-state index contributed by atoms with van der Waals surface area (Å²) in [5.41, 5.74) is 8.06. The van der Waals surface area contributed by atoms with Crippen molar-refractivity contribution in [2.24, 2.45) is 5.73 Å². The van der Waals surface area contributed by atoms with Crippen LogP contribution >= 0.6 is 54.8 Å². The fraction of sp³-hybridized carbons (Fsp3) is 0.0769. The zero-order valence-electron chi connectivity index (χ0n) is 9.49. The Kier molecular flexibility index (Phi) is 3.75. The molecule has 0 aliphatic rings. The van der Waals surface area contributed by atoms with E-state index in [1.807, 2.05) is 24.3 Å². The second-order valence-corrected chi connectivity index (χ2v) is 8.27. The summed E-state index contributed by atoms with van der Waals surface area (Å²) < 4.78 is 7.82. The number of furan rings is 1. The maximum atomic E-state index is 6.26. The fourth-order valence-electron chi connectivity index (χ4n) is 1.91. The zero-order valence-corrected chi connectivity index (χ0v) is 14.2. The van der Waals surface area contributed by atoms with Crippen LogP contribution in [0, 0.1) is 0 Å². The maximum Gasteiger partial charge on any atom is 0.134 e. The molecule has 2 nitrogen and oxygen atoms in total. The molecule has 6 heteroatoms. The standard InChI is InChI=1S/C13H8Br2ClNOS/c14-11-5-8(13(15)19-11)12(17)10-4-6-3-7(16)1-2-9(6)18-10/h1-5,12H,17H2. The molecule has 0 spiro atoms. The van der Waals surface area contributed by atoms with Gasteiger partial charge in [0.1, 0.15) is 11.3 Å². The van der Waals surface area contributed by atoms with Crippen molar-refractivity contribution >= 4 is 65.8 Å². The summed E-state index contributed by atoms with van der Waals surface area (Å²) in [7, 11) is 0. The molecule has 98 valence electrons. The van der Waals surface area contributed by atoms with Gasteiger partial charge in [0.05, 0.1) is 13.6 Å². The summed E-state index contributed by atoms with van der Waals surface area (Å²) in [5, 5.41) is 1.65. The Morgan fingerprint density at radius 2 is 2.00 bits per heavy atom. The molecule has 3 rings (SSSR count). The molecule has 19 heavy (non-hydrogen) atoms. The van der Waals surface area contributed by atoms with Gasteiger partial charge >= 0.3 is 0 Å². The van der Waals surface area contributed by atoms with Gasteiger partial charge in [-0.15, -0.1) is 11.3 Å². The molecule has 0 fully saturated rings. The van der Waals surface area contributed by atoms with Crippen molar-refractivity contribution in [3.8, 4) is 0 Å². The van der Waals surface area contributed by atoms with E-state index in [1.54, 1.807) is 17.4 Å². The molecule has 0 saturated carbocycles. The maximum absolute atomic E-state index is 6.26. The summed E-state index contributed by atoms with van der Waals surface area (Å²) in [6.07, 6.45) is 0. The van der Waals surface area contributed by atoms with Crippen LogP contribution in [0.3, 0.4) is 0 Å². The lowest BCUT2D eigenvalue weighted by atomic mass is 10.1. The van der Waals surface area contributed by atoms with Gasteiger partial charge in [-0.05, 0) is 62.2 Å². The van der Waals surface area contributed by atoms with Crippen LogP contribution in [0.4, 0.5) is 0 Å². The van der Waals surface area contributed by atoms with Gasteiger partial charge in [0.2, 0.25) is 0 Å². The van der Waals surface area contributed by atoms with Crippen LogP contribution in [0.5, 0.6) is 0 Å². The number of hydrogen-bond acceptors (Lipinski definition) is 3. The highest BCUT2D eigenvalue weighted by atomic mass is 79.9. The Bertz CT molecular complexity index is 752. The quantitative estimate of drug-likeness (QED) is 0.575. The first-order valence-electron chi connectivity index (χ1n) is 5.44. The predicted octanol–water partition coefficient (Wildman–Crippen LogP) is 5.72. The molecule has 1 atom stereocenters. The molecule has 0 saturated heterocycles. The van der Waals surface area contributed by atoms with Crippen molar-refractivity contribution in [3.63, 3.8) is 0 Å². The highest BCUT2D eigenvalue weighted by molar-refractivity contribution is 9.12. The summed E-state index contributed by atoms with van der Waals surface area (Å²) in [6.45, 7) is 0. The van der Waals surface area contributed by atoms with E-state index in [1.165, 1.54) is 0 Å². The largest absolute Gasteiger partial charge is 0.459 e. The van der Waals surface area contributed by atoms with Gasteiger partial charge in [-0.3, -0.25) is 0 Å². The van der Waals surface area contributed by atoms with Crippen LogP contribution < -0.4 is 5.73 Å². The molecule has 0 radical (unpaired) electrons. The van der Waals surface area contributed by atoms with Crippen LogP contribution in [0.15, 0.2) is 42.3 Å². The molecule has 1 aromatic carbocycles. The average Bonchev–Trinajstić information content (AvgIpc) is 2.91. The van der Waals surface area contributed by atoms with Crippen LogP contribution in [0.2, 0.25) is 5.02 Å². The molecule has 2 aromatic heterocycles. The molecule has 1 unspecified atom stereocenters. The van der Waals surface area contributed by atoms with E-state index in [2.05, 4.69) is 31.9 Å². The van der Waals surface area contributed by atoms with E-state index in [0.717, 1.165) is 29.9 Å². The average molecular weight is 422 g/mol. The predicted molar refractivity (Wildman–Crippen MR) is 87.0 cm³/mol. The number of thiophene rings is 1. The van der Waals surface area contributed by atoms with Crippen molar-refractivity contribution in [3.05, 3.63) is 54.3 Å². The number of benzene rings is 1. The number of rotatable bonds is 2. The summed E-state index contributed by atoms with van der Waals surface area (Å²) in [6, 6.07) is 9.16. The normalized spacial score (nSPS) is 13.1. The second kappa shape index (κ2) is 5.22. The molecule has 0 bridgehead atoms. The number of nitrogens with two attached hydrogens (primary N) is 1. The molecule has 2 N–H and O–H groups in total. The lowest BCUT2D eigenvalue weighted by Gasteiger charge is -2.06. The van der Waals surface area contributed by atoms with E-state index in [-0.39, 0.29) is 6.04 Å². The number of halogens is 3. The fourth-order valence-corrected chi connectivity index (χ4v) is 5.02. The van der Waals surface area contributed by atoms with Gasteiger partial charge in [-0.2, -0.15) is 0 Å². The first-order chi connectivity index (χ1) is 9.04. The SMILES string of the molecule is NC(c1cc2cc(Cl)ccc2o1)c1cc(Br)sc1Br. The van der Waals surface area contributed by atoms with Gasteiger partial charge < -0.3 is 10.2 Å². The first kappa shape index (κ1) is 13.6. The molecular formula is C13H8Br2ClNOS. The first-order valence-corrected chi connectivity index (χ1v) is 8.22. The van der Waals surface area contributed by atoms with Gasteiger partial charge in [-0.1, -0.05) is 11.6 Å². The monoisotopic (exact) mass is 419 g/mol. The Balaban J connectivity index is 2.06. The minimum Gasteiger partial charge on any atom is -0.459 e. The van der Waals surface area contributed by atoms with E-state index in [0.29, 0.717) is 5.02 Å². The molecule has 0 aliphatic heterocycles. The van der Waals surface area contributed by atoms with Crippen LogP contribution in [0.25, 0.3) is 11.0 Å². The summed E-state index contributed by atoms with van der Waals surface area (Å²) in [4.78, 5) is 0. The molecule has 0 aliphatic carbocycles. The van der Waals surface area contributed by atoms with Crippen molar-refractivity contribution in [2.45, 2.75) is 6.04 Å². The molecule has 3 aromatic rings. The van der Waals surface area contributed by atoms with Crippen LogP contribution in [-0.2, 0) is 0 Å². The van der Waals surface area contributed by atoms with E-state index < -0.39 is 0 Å². The van der Waals surface area contributed by atoms with Crippen molar-refractivity contribution in [1.82, 2.24) is 0 Å². The lowest BCUT2D eigenvalue weighted by Crippen LogP contribution is -2.10. The number of hydrogen-bond donors (Lipinski definition) is 1. The molecule has 0 amide bonds. The van der Waals surface area contributed by atoms with Crippen LogP contribution in [0.1, 0.15) is 17.4 Å². The van der Waals surface area contributed by atoms with Gasteiger partial charge in [-0.25, -0.2) is 0 Å². The van der Waals surface area contributed by atoms with Crippen molar-refractivity contribution < 1.29 is 4.42 Å². The van der Waals surface area contributed by atoms with E-state index in [9.17, 15) is 0 Å². The second-order valence-electron chi connectivity index (χ2n) is 4.09. The Morgan fingerprint density at radius 1 is 1.21 bits per heavy atom.